The van der Waals surface area contributed by atoms with Gasteiger partial charge in [0.05, 0.1) is 6.04 Å². The van der Waals surface area contributed by atoms with E-state index in [4.69, 9.17) is 4.42 Å². The Morgan fingerprint density at radius 2 is 1.79 bits per heavy atom. The van der Waals surface area contributed by atoms with E-state index in [1.54, 1.807) is 0 Å². The summed E-state index contributed by atoms with van der Waals surface area (Å²) in [5.74, 6) is 4.57. The van der Waals surface area contributed by atoms with Crippen molar-refractivity contribution in [3.8, 4) is 0 Å². The lowest BCUT2D eigenvalue weighted by atomic mass is 9.49. The lowest BCUT2D eigenvalue weighted by Gasteiger charge is -2.55. The number of carbonyl (C=O) groups is 1. The van der Waals surface area contributed by atoms with Crippen molar-refractivity contribution in [2.24, 2.45) is 23.2 Å². The van der Waals surface area contributed by atoms with E-state index in [0.717, 1.165) is 48.5 Å². The highest BCUT2D eigenvalue weighted by Crippen LogP contribution is 2.60. The Morgan fingerprint density at radius 3 is 2.25 bits per heavy atom. The number of likely N-dealkylation sites (N-methyl/N-ethyl adjacent to an activating group) is 1. The van der Waals surface area contributed by atoms with E-state index in [1.807, 2.05) is 33.2 Å². The zero-order valence-electron chi connectivity index (χ0n) is 15.2. The minimum atomic E-state index is -0.0648. The van der Waals surface area contributed by atoms with Crippen molar-refractivity contribution in [1.82, 2.24) is 10.2 Å². The molecule has 1 aromatic heterocycles. The molecule has 1 aromatic rings. The molecule has 0 spiro atoms. The van der Waals surface area contributed by atoms with E-state index in [2.05, 4.69) is 10.2 Å². The molecule has 4 aliphatic carbocycles. The molecule has 1 amide bonds. The number of amides is 1. The summed E-state index contributed by atoms with van der Waals surface area (Å²) in [6.45, 7) is 2.59. The monoisotopic (exact) mass is 330 g/mol. The van der Waals surface area contributed by atoms with Gasteiger partial charge < -0.3 is 9.73 Å². The van der Waals surface area contributed by atoms with Gasteiger partial charge in [-0.2, -0.15) is 0 Å². The van der Waals surface area contributed by atoms with Gasteiger partial charge in [0.25, 0.3) is 0 Å². The molecule has 0 aliphatic heterocycles. The van der Waals surface area contributed by atoms with Crippen molar-refractivity contribution < 1.29 is 9.21 Å². The largest absolute Gasteiger partial charge is 0.465 e. The molecule has 1 N–H and O–H groups in total. The second-order valence-corrected chi connectivity index (χ2v) is 8.84. The van der Waals surface area contributed by atoms with Crippen molar-refractivity contribution in [1.29, 1.82) is 0 Å². The van der Waals surface area contributed by atoms with Crippen molar-refractivity contribution in [2.75, 3.05) is 20.6 Å². The number of nitrogens with one attached hydrogen (secondary N) is 1. The first-order chi connectivity index (χ1) is 11.4. The van der Waals surface area contributed by atoms with Crippen LogP contribution in [-0.2, 0) is 4.79 Å². The van der Waals surface area contributed by atoms with Gasteiger partial charge in [-0.05, 0) is 89.4 Å². The topological polar surface area (TPSA) is 45.5 Å². The molecule has 4 saturated carbocycles. The molecule has 1 heterocycles. The Morgan fingerprint density at radius 1 is 1.21 bits per heavy atom. The van der Waals surface area contributed by atoms with Gasteiger partial charge in [-0.15, -0.1) is 0 Å². The average Bonchev–Trinajstić information content (AvgIpc) is 2.91. The Kier molecular flexibility index (Phi) is 3.98. The van der Waals surface area contributed by atoms with E-state index >= 15 is 0 Å². The lowest BCUT2D eigenvalue weighted by Crippen LogP contribution is -2.54. The van der Waals surface area contributed by atoms with E-state index in [-0.39, 0.29) is 11.5 Å². The summed E-state index contributed by atoms with van der Waals surface area (Å²) in [5.41, 5.74) is -0.0648. The molecule has 0 aromatic carbocycles. The first-order valence-corrected chi connectivity index (χ1v) is 9.46. The van der Waals surface area contributed by atoms with Crippen LogP contribution in [0, 0.1) is 30.1 Å². The van der Waals surface area contributed by atoms with Gasteiger partial charge in [0, 0.05) is 12.0 Å². The molecule has 1 atom stereocenters. The molecule has 0 unspecified atom stereocenters. The van der Waals surface area contributed by atoms with Gasteiger partial charge in [0.1, 0.15) is 11.5 Å². The highest BCUT2D eigenvalue weighted by molar-refractivity contribution is 5.83. The highest BCUT2D eigenvalue weighted by atomic mass is 16.3. The molecule has 4 heteroatoms. The van der Waals surface area contributed by atoms with Crippen LogP contribution in [0.25, 0.3) is 0 Å². The minimum Gasteiger partial charge on any atom is -0.465 e. The normalized spacial score (nSPS) is 35.4. The number of furan rings is 1. The Labute approximate surface area is 145 Å². The van der Waals surface area contributed by atoms with Gasteiger partial charge in [-0.3, -0.25) is 9.69 Å². The first kappa shape index (κ1) is 16.2. The van der Waals surface area contributed by atoms with Crippen molar-refractivity contribution in [2.45, 2.75) is 51.5 Å². The first-order valence-electron chi connectivity index (χ1n) is 9.46. The van der Waals surface area contributed by atoms with Gasteiger partial charge in [-0.25, -0.2) is 0 Å². The fourth-order valence-electron chi connectivity index (χ4n) is 5.94. The SMILES string of the molecule is Cc1ccc([C@H](CNC(=O)C23CC4CC(CC(C4)C2)C3)N(C)C)o1. The van der Waals surface area contributed by atoms with Crippen LogP contribution < -0.4 is 5.32 Å². The van der Waals surface area contributed by atoms with Crippen molar-refractivity contribution >= 4 is 5.91 Å². The number of carbonyl (C=O) groups excluding carboxylic acids is 1. The highest BCUT2D eigenvalue weighted by Gasteiger charge is 2.54. The zero-order chi connectivity index (χ0) is 16.9. The van der Waals surface area contributed by atoms with Crippen molar-refractivity contribution in [3.05, 3.63) is 23.7 Å². The number of nitrogens with zero attached hydrogens (tertiary/aromatic N) is 1. The van der Waals surface area contributed by atoms with Crippen LogP contribution in [-0.4, -0.2) is 31.4 Å². The van der Waals surface area contributed by atoms with Gasteiger partial charge in [0.15, 0.2) is 0 Å². The van der Waals surface area contributed by atoms with E-state index in [0.29, 0.717) is 12.5 Å². The number of hydrogen-bond donors (Lipinski definition) is 1. The maximum absolute atomic E-state index is 13.1. The van der Waals surface area contributed by atoms with Gasteiger partial charge in [0.2, 0.25) is 5.91 Å². The molecular formula is C20H30N2O2. The summed E-state index contributed by atoms with van der Waals surface area (Å²) in [6, 6.07) is 4.11. The molecule has 4 nitrogen and oxygen atoms in total. The second kappa shape index (κ2) is 5.91. The molecule has 4 fully saturated rings. The number of aryl methyl sites for hydroxylation is 1. The van der Waals surface area contributed by atoms with Crippen LogP contribution >= 0.6 is 0 Å². The summed E-state index contributed by atoms with van der Waals surface area (Å²) < 4.78 is 5.80. The molecule has 0 saturated heterocycles. The van der Waals surface area contributed by atoms with Crippen LogP contribution in [0.15, 0.2) is 16.5 Å². The molecular weight excluding hydrogens is 300 g/mol. The minimum absolute atomic E-state index is 0.0648. The molecule has 132 valence electrons. The Balaban J connectivity index is 1.44. The van der Waals surface area contributed by atoms with Crippen molar-refractivity contribution in [3.63, 3.8) is 0 Å². The average molecular weight is 330 g/mol. The predicted octanol–water partition coefficient (Wildman–Crippen LogP) is 3.52. The summed E-state index contributed by atoms with van der Waals surface area (Å²) in [5, 5.41) is 3.29. The van der Waals surface area contributed by atoms with E-state index in [1.165, 1.54) is 19.3 Å². The third-order valence-corrected chi connectivity index (χ3v) is 6.69. The van der Waals surface area contributed by atoms with Crippen LogP contribution in [0.1, 0.15) is 56.1 Å². The Hall–Kier alpha value is -1.29. The molecule has 5 rings (SSSR count). The van der Waals surface area contributed by atoms with Crippen LogP contribution in [0.4, 0.5) is 0 Å². The maximum atomic E-state index is 13.1. The molecule has 4 aliphatic rings. The third kappa shape index (κ3) is 2.79. The lowest BCUT2D eigenvalue weighted by molar-refractivity contribution is -0.146. The summed E-state index contributed by atoms with van der Waals surface area (Å²) in [6.07, 6.45) is 7.49. The van der Waals surface area contributed by atoms with Gasteiger partial charge in [-0.1, -0.05) is 0 Å². The summed E-state index contributed by atoms with van der Waals surface area (Å²) in [7, 11) is 4.08. The molecule has 24 heavy (non-hydrogen) atoms. The standard InChI is InChI=1S/C20H30N2O2/c1-13-4-5-18(24-13)17(22(2)3)12-21-19(23)20-9-14-6-15(10-20)8-16(7-14)11-20/h4-5,14-17H,6-12H2,1-3H3,(H,21,23)/t14?,15?,16?,17-,20?/m0/s1. The second-order valence-electron chi connectivity index (χ2n) is 8.84. The smallest absolute Gasteiger partial charge is 0.226 e. The van der Waals surface area contributed by atoms with Crippen LogP contribution in [0.2, 0.25) is 0 Å². The van der Waals surface area contributed by atoms with Crippen LogP contribution in [0.5, 0.6) is 0 Å². The summed E-state index contributed by atoms with van der Waals surface area (Å²) >= 11 is 0. The molecule has 0 radical (unpaired) electrons. The fourth-order valence-corrected chi connectivity index (χ4v) is 5.94. The Bertz CT molecular complexity index is 584. The predicted molar refractivity (Wildman–Crippen MR) is 93.5 cm³/mol. The third-order valence-electron chi connectivity index (χ3n) is 6.69. The van der Waals surface area contributed by atoms with E-state index in [9.17, 15) is 4.79 Å². The fraction of sp³-hybridized carbons (Fsp3) is 0.750. The maximum Gasteiger partial charge on any atom is 0.226 e. The number of hydrogen-bond acceptors (Lipinski definition) is 3. The van der Waals surface area contributed by atoms with E-state index < -0.39 is 0 Å². The number of rotatable bonds is 5. The summed E-state index contributed by atoms with van der Waals surface area (Å²) in [4.78, 5) is 15.2. The van der Waals surface area contributed by atoms with Gasteiger partial charge >= 0.3 is 0 Å². The zero-order valence-corrected chi connectivity index (χ0v) is 15.2. The van der Waals surface area contributed by atoms with Crippen LogP contribution in [0.3, 0.4) is 0 Å². The quantitative estimate of drug-likeness (QED) is 0.898. The molecule has 4 bridgehead atoms.